The van der Waals surface area contributed by atoms with E-state index in [-0.39, 0.29) is 11.9 Å². The minimum atomic E-state index is 0.0889. The van der Waals surface area contributed by atoms with Crippen molar-refractivity contribution in [2.24, 2.45) is 0 Å². The Labute approximate surface area is 112 Å². The molecule has 1 unspecified atom stereocenters. The third-order valence-corrected chi connectivity index (χ3v) is 3.65. The quantitative estimate of drug-likeness (QED) is 0.802. The van der Waals surface area contributed by atoms with Crippen molar-refractivity contribution in [1.82, 2.24) is 4.90 Å². The zero-order valence-electron chi connectivity index (χ0n) is 11.1. The second-order valence-electron chi connectivity index (χ2n) is 5.04. The number of anilines is 2. The number of carbonyl (C=O) groups is 1. The molecule has 1 aromatic carbocycles. The lowest BCUT2D eigenvalue weighted by atomic mass is 10.1. The summed E-state index contributed by atoms with van der Waals surface area (Å²) in [7, 11) is 0. The molecule has 0 aliphatic carbocycles. The predicted molar refractivity (Wildman–Crippen MR) is 74.7 cm³/mol. The van der Waals surface area contributed by atoms with Gasteiger partial charge in [0.25, 0.3) is 5.91 Å². The molecule has 1 amide bonds. The van der Waals surface area contributed by atoms with E-state index in [0.717, 1.165) is 30.0 Å². The van der Waals surface area contributed by atoms with Crippen LogP contribution in [0.15, 0.2) is 18.2 Å². The number of benzene rings is 1. The van der Waals surface area contributed by atoms with Crippen molar-refractivity contribution in [2.45, 2.75) is 13.0 Å². The lowest BCUT2D eigenvalue weighted by Crippen LogP contribution is -2.47. The Morgan fingerprint density at radius 1 is 1.32 bits per heavy atom. The number of carbonyl (C=O) groups excluding carboxylic acids is 1. The van der Waals surface area contributed by atoms with Crippen molar-refractivity contribution in [3.05, 3.63) is 23.8 Å². The van der Waals surface area contributed by atoms with Gasteiger partial charge in [-0.3, -0.25) is 4.79 Å². The third-order valence-electron chi connectivity index (χ3n) is 3.65. The SMILES string of the molecule is CC1COCCN1C(=O)c1ccc2c(c1)NCCN2. The fourth-order valence-corrected chi connectivity index (χ4v) is 2.57. The standard InChI is InChI=1S/C14H19N3O2/c1-10-9-19-7-6-17(10)14(18)11-2-3-12-13(8-11)16-5-4-15-12/h2-3,8,10,15-16H,4-7,9H2,1H3. The van der Waals surface area contributed by atoms with E-state index in [2.05, 4.69) is 10.6 Å². The molecule has 19 heavy (non-hydrogen) atoms. The molecule has 1 atom stereocenters. The maximum Gasteiger partial charge on any atom is 0.254 e. The largest absolute Gasteiger partial charge is 0.382 e. The molecule has 0 spiro atoms. The zero-order chi connectivity index (χ0) is 13.2. The van der Waals surface area contributed by atoms with Crippen LogP contribution in [-0.4, -0.2) is 49.7 Å². The summed E-state index contributed by atoms with van der Waals surface area (Å²) in [6.07, 6.45) is 0. The molecule has 1 fully saturated rings. The molecule has 102 valence electrons. The van der Waals surface area contributed by atoms with Gasteiger partial charge in [-0.1, -0.05) is 0 Å². The molecule has 0 radical (unpaired) electrons. The predicted octanol–water partition coefficient (Wildman–Crippen LogP) is 1.38. The average Bonchev–Trinajstić information content (AvgIpc) is 2.46. The van der Waals surface area contributed by atoms with Crippen molar-refractivity contribution in [2.75, 3.05) is 43.5 Å². The molecule has 5 nitrogen and oxygen atoms in total. The van der Waals surface area contributed by atoms with E-state index in [1.54, 1.807) is 0 Å². The summed E-state index contributed by atoms with van der Waals surface area (Å²) in [5.74, 6) is 0.0889. The summed E-state index contributed by atoms with van der Waals surface area (Å²) in [5, 5.41) is 6.62. The molecule has 1 saturated heterocycles. The molecule has 1 aromatic rings. The van der Waals surface area contributed by atoms with Gasteiger partial charge in [-0.2, -0.15) is 0 Å². The number of hydrogen-bond donors (Lipinski definition) is 2. The van der Waals surface area contributed by atoms with E-state index < -0.39 is 0 Å². The molecule has 2 N–H and O–H groups in total. The van der Waals surface area contributed by atoms with E-state index >= 15 is 0 Å². The first-order valence-corrected chi connectivity index (χ1v) is 6.76. The first kappa shape index (κ1) is 12.3. The highest BCUT2D eigenvalue weighted by Gasteiger charge is 2.25. The molecule has 2 aliphatic rings. The fraction of sp³-hybridized carbons (Fsp3) is 0.500. The molecule has 5 heteroatoms. The summed E-state index contributed by atoms with van der Waals surface area (Å²) in [4.78, 5) is 14.4. The molecule has 2 aliphatic heterocycles. The van der Waals surface area contributed by atoms with Gasteiger partial charge in [0.15, 0.2) is 0 Å². The van der Waals surface area contributed by atoms with Crippen LogP contribution in [0.25, 0.3) is 0 Å². The summed E-state index contributed by atoms with van der Waals surface area (Å²) in [6.45, 7) is 5.74. The fourth-order valence-electron chi connectivity index (χ4n) is 2.57. The highest BCUT2D eigenvalue weighted by atomic mass is 16.5. The highest BCUT2D eigenvalue weighted by molar-refractivity contribution is 5.96. The number of nitrogens with zero attached hydrogens (tertiary/aromatic N) is 1. The summed E-state index contributed by atoms with van der Waals surface area (Å²) < 4.78 is 5.37. The summed E-state index contributed by atoms with van der Waals surface area (Å²) >= 11 is 0. The maximum atomic E-state index is 12.5. The number of morpholine rings is 1. The Morgan fingerprint density at radius 2 is 2.11 bits per heavy atom. The number of nitrogens with one attached hydrogen (secondary N) is 2. The van der Waals surface area contributed by atoms with Gasteiger partial charge in [-0.25, -0.2) is 0 Å². The third kappa shape index (κ3) is 2.38. The number of rotatable bonds is 1. The smallest absolute Gasteiger partial charge is 0.254 e. The van der Waals surface area contributed by atoms with Gasteiger partial charge in [0, 0.05) is 25.2 Å². The molecule has 2 heterocycles. The van der Waals surface area contributed by atoms with Crippen molar-refractivity contribution < 1.29 is 9.53 Å². The minimum absolute atomic E-state index is 0.0889. The number of fused-ring (bicyclic) bond motifs is 1. The topological polar surface area (TPSA) is 53.6 Å². The highest BCUT2D eigenvalue weighted by Crippen LogP contribution is 2.26. The summed E-state index contributed by atoms with van der Waals surface area (Å²) in [6, 6.07) is 5.94. The molecular formula is C14H19N3O2. The van der Waals surface area contributed by atoms with Crippen LogP contribution in [0.3, 0.4) is 0 Å². The van der Waals surface area contributed by atoms with Crippen LogP contribution in [0.2, 0.25) is 0 Å². The van der Waals surface area contributed by atoms with Gasteiger partial charge in [0.05, 0.1) is 30.6 Å². The molecular weight excluding hydrogens is 242 g/mol. The summed E-state index contributed by atoms with van der Waals surface area (Å²) in [5.41, 5.74) is 2.82. The van der Waals surface area contributed by atoms with Crippen LogP contribution in [-0.2, 0) is 4.74 Å². The Balaban J connectivity index is 1.83. The van der Waals surface area contributed by atoms with Gasteiger partial charge in [-0.05, 0) is 25.1 Å². The Hall–Kier alpha value is -1.75. The average molecular weight is 261 g/mol. The van der Waals surface area contributed by atoms with Crippen LogP contribution in [0, 0.1) is 0 Å². The van der Waals surface area contributed by atoms with Gasteiger partial charge in [-0.15, -0.1) is 0 Å². The molecule has 0 bridgehead atoms. The van der Waals surface area contributed by atoms with Gasteiger partial charge in [0.2, 0.25) is 0 Å². The second-order valence-corrected chi connectivity index (χ2v) is 5.04. The Kier molecular flexibility index (Phi) is 3.29. The van der Waals surface area contributed by atoms with Crippen molar-refractivity contribution in [3.8, 4) is 0 Å². The first-order valence-electron chi connectivity index (χ1n) is 6.76. The van der Waals surface area contributed by atoms with Crippen molar-refractivity contribution >= 4 is 17.3 Å². The number of amides is 1. The van der Waals surface area contributed by atoms with Crippen LogP contribution in [0.1, 0.15) is 17.3 Å². The Morgan fingerprint density at radius 3 is 2.89 bits per heavy atom. The van der Waals surface area contributed by atoms with Crippen molar-refractivity contribution in [3.63, 3.8) is 0 Å². The lowest BCUT2D eigenvalue weighted by Gasteiger charge is -2.33. The minimum Gasteiger partial charge on any atom is -0.382 e. The van der Waals surface area contributed by atoms with Crippen LogP contribution in [0.4, 0.5) is 11.4 Å². The monoisotopic (exact) mass is 261 g/mol. The van der Waals surface area contributed by atoms with Crippen molar-refractivity contribution in [1.29, 1.82) is 0 Å². The van der Waals surface area contributed by atoms with E-state index in [1.807, 2.05) is 30.0 Å². The van der Waals surface area contributed by atoms with E-state index in [1.165, 1.54) is 0 Å². The second kappa shape index (κ2) is 5.09. The van der Waals surface area contributed by atoms with Crippen LogP contribution < -0.4 is 10.6 Å². The first-order chi connectivity index (χ1) is 9.25. The van der Waals surface area contributed by atoms with Gasteiger partial charge >= 0.3 is 0 Å². The maximum absolute atomic E-state index is 12.5. The lowest BCUT2D eigenvalue weighted by molar-refractivity contribution is 0.00360. The Bertz CT molecular complexity index is 490. The zero-order valence-corrected chi connectivity index (χ0v) is 11.1. The van der Waals surface area contributed by atoms with E-state index in [4.69, 9.17) is 4.74 Å². The number of hydrogen-bond acceptors (Lipinski definition) is 4. The van der Waals surface area contributed by atoms with E-state index in [9.17, 15) is 4.79 Å². The molecule has 0 saturated carbocycles. The van der Waals surface area contributed by atoms with E-state index in [0.29, 0.717) is 19.8 Å². The normalized spacial score (nSPS) is 22.2. The molecule has 3 rings (SSSR count). The number of ether oxygens (including phenoxy) is 1. The van der Waals surface area contributed by atoms with Gasteiger partial charge < -0.3 is 20.3 Å². The van der Waals surface area contributed by atoms with Crippen LogP contribution in [0.5, 0.6) is 0 Å². The van der Waals surface area contributed by atoms with Gasteiger partial charge in [0.1, 0.15) is 0 Å². The molecule has 0 aromatic heterocycles. The van der Waals surface area contributed by atoms with Crippen LogP contribution >= 0.6 is 0 Å².